The van der Waals surface area contributed by atoms with Gasteiger partial charge >= 0.3 is 0 Å². The molecule has 0 bridgehead atoms. The van der Waals surface area contributed by atoms with Crippen LogP contribution < -0.4 is 0 Å². The molecule has 0 amide bonds. The molecule has 0 fully saturated rings. The second-order valence-electron chi connectivity index (χ2n) is 3.96. The molecule has 4 nitrogen and oxygen atoms in total. The number of rotatable bonds is 5. The van der Waals surface area contributed by atoms with Gasteiger partial charge in [0.2, 0.25) is 0 Å². The van der Waals surface area contributed by atoms with Crippen LogP contribution >= 0.6 is 0 Å². The predicted molar refractivity (Wildman–Crippen MR) is 65.6 cm³/mol. The van der Waals surface area contributed by atoms with E-state index in [-0.39, 0.29) is 0 Å². The standard InChI is InChI=1S/C13H16N2O2/c1-17-8-2-3-13(16)10-4-5-11-12(9-10)15-7-6-14-11/h4-7,9,13,16H,2-3,8H2,1H3. The Labute approximate surface area is 100 Å². The van der Waals surface area contributed by atoms with Crippen molar-refractivity contribution in [3.05, 3.63) is 36.2 Å². The topological polar surface area (TPSA) is 55.2 Å². The first-order chi connectivity index (χ1) is 8.31. The van der Waals surface area contributed by atoms with Crippen molar-refractivity contribution >= 4 is 11.0 Å². The summed E-state index contributed by atoms with van der Waals surface area (Å²) in [6.07, 6.45) is 4.40. The van der Waals surface area contributed by atoms with E-state index in [0.717, 1.165) is 23.0 Å². The van der Waals surface area contributed by atoms with Crippen molar-refractivity contribution in [2.75, 3.05) is 13.7 Å². The molecule has 0 spiro atoms. The van der Waals surface area contributed by atoms with Gasteiger partial charge in [-0.3, -0.25) is 9.97 Å². The van der Waals surface area contributed by atoms with E-state index in [0.29, 0.717) is 13.0 Å². The molecular formula is C13H16N2O2. The van der Waals surface area contributed by atoms with Crippen molar-refractivity contribution in [3.8, 4) is 0 Å². The molecule has 2 rings (SSSR count). The number of fused-ring (bicyclic) bond motifs is 1. The van der Waals surface area contributed by atoms with E-state index in [4.69, 9.17) is 4.74 Å². The number of benzene rings is 1. The fraction of sp³-hybridized carbons (Fsp3) is 0.385. The van der Waals surface area contributed by atoms with Crippen LogP contribution in [0.25, 0.3) is 11.0 Å². The van der Waals surface area contributed by atoms with E-state index in [2.05, 4.69) is 9.97 Å². The lowest BCUT2D eigenvalue weighted by Gasteiger charge is -2.10. The first-order valence-electron chi connectivity index (χ1n) is 5.69. The fourth-order valence-electron chi connectivity index (χ4n) is 1.78. The van der Waals surface area contributed by atoms with Gasteiger partial charge in [-0.2, -0.15) is 0 Å². The second-order valence-corrected chi connectivity index (χ2v) is 3.96. The number of ether oxygens (including phenoxy) is 1. The smallest absolute Gasteiger partial charge is 0.0890 e. The molecular weight excluding hydrogens is 216 g/mol. The minimum atomic E-state index is -0.462. The molecule has 4 heteroatoms. The third-order valence-electron chi connectivity index (χ3n) is 2.70. The molecule has 0 aliphatic rings. The Morgan fingerprint density at radius 2 is 2.00 bits per heavy atom. The van der Waals surface area contributed by atoms with Crippen molar-refractivity contribution in [3.63, 3.8) is 0 Å². The predicted octanol–water partition coefficient (Wildman–Crippen LogP) is 2.09. The Balaban J connectivity index is 2.12. The fourth-order valence-corrected chi connectivity index (χ4v) is 1.78. The second kappa shape index (κ2) is 5.70. The zero-order valence-corrected chi connectivity index (χ0v) is 9.84. The normalized spacial score (nSPS) is 12.8. The zero-order chi connectivity index (χ0) is 12.1. The van der Waals surface area contributed by atoms with Crippen LogP contribution in [0.5, 0.6) is 0 Å². The van der Waals surface area contributed by atoms with Gasteiger partial charge in [-0.05, 0) is 30.5 Å². The number of hydrogen-bond donors (Lipinski definition) is 1. The quantitative estimate of drug-likeness (QED) is 0.802. The molecule has 90 valence electrons. The van der Waals surface area contributed by atoms with Gasteiger partial charge in [0.25, 0.3) is 0 Å². The third-order valence-corrected chi connectivity index (χ3v) is 2.70. The summed E-state index contributed by atoms with van der Waals surface area (Å²) in [6.45, 7) is 0.671. The molecule has 2 aromatic rings. The monoisotopic (exact) mass is 232 g/mol. The van der Waals surface area contributed by atoms with Crippen molar-refractivity contribution in [2.45, 2.75) is 18.9 Å². The van der Waals surface area contributed by atoms with Gasteiger partial charge in [0, 0.05) is 26.1 Å². The third kappa shape index (κ3) is 2.99. The van der Waals surface area contributed by atoms with Crippen LogP contribution in [0.2, 0.25) is 0 Å². The first-order valence-corrected chi connectivity index (χ1v) is 5.69. The van der Waals surface area contributed by atoms with Gasteiger partial charge < -0.3 is 9.84 Å². The largest absolute Gasteiger partial charge is 0.388 e. The Kier molecular flexibility index (Phi) is 4.01. The molecule has 0 aliphatic carbocycles. The van der Waals surface area contributed by atoms with E-state index < -0.39 is 6.10 Å². The molecule has 0 saturated heterocycles. The van der Waals surface area contributed by atoms with Crippen LogP contribution in [-0.2, 0) is 4.74 Å². The molecule has 0 aliphatic heterocycles. The SMILES string of the molecule is COCCCC(O)c1ccc2nccnc2c1. The number of aliphatic hydroxyl groups is 1. The number of hydrogen-bond acceptors (Lipinski definition) is 4. The molecule has 0 radical (unpaired) electrons. The number of aliphatic hydroxyl groups excluding tert-OH is 1. The van der Waals surface area contributed by atoms with Crippen LogP contribution in [0.1, 0.15) is 24.5 Å². The Morgan fingerprint density at radius 1 is 1.24 bits per heavy atom. The molecule has 1 heterocycles. The maximum atomic E-state index is 10.0. The highest BCUT2D eigenvalue weighted by atomic mass is 16.5. The van der Waals surface area contributed by atoms with Crippen LogP contribution in [0.4, 0.5) is 0 Å². The molecule has 1 aromatic carbocycles. The summed E-state index contributed by atoms with van der Waals surface area (Å²) in [5, 5.41) is 10.0. The average Bonchev–Trinajstić information content (AvgIpc) is 2.38. The van der Waals surface area contributed by atoms with Gasteiger partial charge in [-0.15, -0.1) is 0 Å². The van der Waals surface area contributed by atoms with Gasteiger partial charge in [0.05, 0.1) is 17.1 Å². The molecule has 1 aromatic heterocycles. The summed E-state index contributed by atoms with van der Waals surface area (Å²) in [5.41, 5.74) is 2.55. The molecule has 1 atom stereocenters. The lowest BCUT2D eigenvalue weighted by molar-refractivity contribution is 0.136. The number of methoxy groups -OCH3 is 1. The van der Waals surface area contributed by atoms with Crippen molar-refractivity contribution in [1.29, 1.82) is 0 Å². The van der Waals surface area contributed by atoms with E-state index in [1.807, 2.05) is 18.2 Å². The lowest BCUT2D eigenvalue weighted by Crippen LogP contribution is -2.00. The maximum Gasteiger partial charge on any atom is 0.0890 e. The highest BCUT2D eigenvalue weighted by Gasteiger charge is 2.08. The molecule has 0 saturated carbocycles. The summed E-state index contributed by atoms with van der Waals surface area (Å²) in [4.78, 5) is 8.42. The van der Waals surface area contributed by atoms with Crippen molar-refractivity contribution in [2.24, 2.45) is 0 Å². The lowest BCUT2D eigenvalue weighted by atomic mass is 10.0. The van der Waals surface area contributed by atoms with Crippen LogP contribution in [0.3, 0.4) is 0 Å². The number of nitrogens with zero attached hydrogens (tertiary/aromatic N) is 2. The van der Waals surface area contributed by atoms with Crippen molar-refractivity contribution < 1.29 is 9.84 Å². The van der Waals surface area contributed by atoms with Gasteiger partial charge in [0.1, 0.15) is 0 Å². The Morgan fingerprint density at radius 3 is 2.76 bits per heavy atom. The van der Waals surface area contributed by atoms with E-state index >= 15 is 0 Å². The summed E-state index contributed by atoms with van der Waals surface area (Å²) in [5.74, 6) is 0. The van der Waals surface area contributed by atoms with Crippen LogP contribution in [0, 0.1) is 0 Å². The zero-order valence-electron chi connectivity index (χ0n) is 9.84. The Bertz CT molecular complexity index is 488. The van der Waals surface area contributed by atoms with E-state index in [1.165, 1.54) is 0 Å². The summed E-state index contributed by atoms with van der Waals surface area (Å²) in [6, 6.07) is 5.67. The summed E-state index contributed by atoms with van der Waals surface area (Å²) < 4.78 is 4.96. The molecule has 17 heavy (non-hydrogen) atoms. The summed E-state index contributed by atoms with van der Waals surface area (Å²) in [7, 11) is 1.66. The average molecular weight is 232 g/mol. The Hall–Kier alpha value is -1.52. The molecule has 1 N–H and O–H groups in total. The van der Waals surface area contributed by atoms with Crippen molar-refractivity contribution in [1.82, 2.24) is 9.97 Å². The van der Waals surface area contributed by atoms with Gasteiger partial charge in [-0.25, -0.2) is 0 Å². The molecule has 1 unspecified atom stereocenters. The van der Waals surface area contributed by atoms with Gasteiger partial charge in [0.15, 0.2) is 0 Å². The highest BCUT2D eigenvalue weighted by molar-refractivity contribution is 5.74. The summed E-state index contributed by atoms with van der Waals surface area (Å²) >= 11 is 0. The first kappa shape index (κ1) is 12.0. The van der Waals surface area contributed by atoms with Crippen LogP contribution in [0.15, 0.2) is 30.6 Å². The highest BCUT2D eigenvalue weighted by Crippen LogP contribution is 2.21. The minimum Gasteiger partial charge on any atom is -0.388 e. The number of aromatic nitrogens is 2. The van der Waals surface area contributed by atoms with Crippen LogP contribution in [-0.4, -0.2) is 28.8 Å². The van der Waals surface area contributed by atoms with Gasteiger partial charge in [-0.1, -0.05) is 6.07 Å². The van der Waals surface area contributed by atoms with E-state index in [9.17, 15) is 5.11 Å². The maximum absolute atomic E-state index is 10.0. The minimum absolute atomic E-state index is 0.462. The van der Waals surface area contributed by atoms with E-state index in [1.54, 1.807) is 19.5 Å².